The molecular weight excluding hydrogens is 346 g/mol. The Kier molecular flexibility index (Phi) is 4.33. The third-order valence-corrected chi connectivity index (χ3v) is 4.37. The fraction of sp³-hybridized carbons (Fsp3) is 0. The first kappa shape index (κ1) is 16.2. The number of H-pyrrole nitrogens is 1. The van der Waals surface area contributed by atoms with E-state index in [1.165, 1.54) is 0 Å². The van der Waals surface area contributed by atoms with Crippen LogP contribution < -0.4 is 10.6 Å². The second kappa shape index (κ2) is 6.94. The summed E-state index contributed by atoms with van der Waals surface area (Å²) < 4.78 is 0. The Balaban J connectivity index is 1.47. The summed E-state index contributed by atoms with van der Waals surface area (Å²) in [6.45, 7) is 0. The summed E-state index contributed by atoms with van der Waals surface area (Å²) >= 11 is 6.15. The third-order valence-electron chi connectivity index (χ3n) is 4.06. The summed E-state index contributed by atoms with van der Waals surface area (Å²) in [4.78, 5) is 15.5. The van der Waals surface area contributed by atoms with Crippen molar-refractivity contribution < 1.29 is 4.79 Å². The molecule has 0 aliphatic heterocycles. The molecule has 3 aromatic carbocycles. The highest BCUT2D eigenvalue weighted by molar-refractivity contribution is 6.35. The predicted octanol–water partition coefficient (Wildman–Crippen LogP) is 5.82. The number of aromatic amines is 1. The summed E-state index contributed by atoms with van der Waals surface area (Å²) in [5.74, 6) is -0.207. The molecule has 0 atom stereocenters. The van der Waals surface area contributed by atoms with Gasteiger partial charge in [-0.1, -0.05) is 41.9 Å². The van der Waals surface area contributed by atoms with Gasteiger partial charge in [0.2, 0.25) is 0 Å². The number of carbonyl (C=O) groups is 1. The van der Waals surface area contributed by atoms with Crippen LogP contribution in [-0.4, -0.2) is 10.9 Å². The maximum Gasteiger partial charge on any atom is 0.272 e. The molecule has 4 rings (SSSR count). The van der Waals surface area contributed by atoms with Crippen LogP contribution in [0.25, 0.3) is 10.9 Å². The quantitative estimate of drug-likeness (QED) is 0.429. The normalized spacial score (nSPS) is 10.7. The number of halogens is 1. The van der Waals surface area contributed by atoms with E-state index in [1.54, 1.807) is 12.1 Å². The molecule has 0 bridgehead atoms. The molecule has 4 nitrogen and oxygen atoms in total. The van der Waals surface area contributed by atoms with Crippen molar-refractivity contribution in [3.63, 3.8) is 0 Å². The lowest BCUT2D eigenvalue weighted by Gasteiger charge is -2.08. The van der Waals surface area contributed by atoms with E-state index in [4.69, 9.17) is 11.6 Å². The van der Waals surface area contributed by atoms with Crippen LogP contribution in [0.3, 0.4) is 0 Å². The Labute approximate surface area is 155 Å². The Morgan fingerprint density at radius 2 is 1.50 bits per heavy atom. The highest BCUT2D eigenvalue weighted by Gasteiger charge is 2.11. The number of aromatic nitrogens is 1. The number of hydrogen-bond donors (Lipinski definition) is 3. The molecule has 0 aliphatic rings. The van der Waals surface area contributed by atoms with E-state index < -0.39 is 0 Å². The van der Waals surface area contributed by atoms with E-state index in [0.717, 1.165) is 28.0 Å². The summed E-state index contributed by atoms with van der Waals surface area (Å²) in [5, 5.41) is 7.70. The Morgan fingerprint density at radius 3 is 2.23 bits per heavy atom. The number of hydrogen-bond acceptors (Lipinski definition) is 2. The van der Waals surface area contributed by atoms with Crippen LogP contribution in [0.2, 0.25) is 5.02 Å². The van der Waals surface area contributed by atoms with Gasteiger partial charge in [-0.2, -0.15) is 0 Å². The largest absolute Gasteiger partial charge is 0.356 e. The van der Waals surface area contributed by atoms with Crippen LogP contribution in [0.5, 0.6) is 0 Å². The maximum absolute atomic E-state index is 12.5. The van der Waals surface area contributed by atoms with Gasteiger partial charge in [0.1, 0.15) is 5.69 Å². The lowest BCUT2D eigenvalue weighted by atomic mass is 10.2. The number of para-hydroxylation sites is 2. The molecule has 0 radical (unpaired) electrons. The fourth-order valence-electron chi connectivity index (χ4n) is 2.77. The van der Waals surface area contributed by atoms with Crippen molar-refractivity contribution in [3.05, 3.63) is 89.6 Å². The minimum atomic E-state index is -0.207. The van der Waals surface area contributed by atoms with Crippen molar-refractivity contribution in [2.45, 2.75) is 0 Å². The number of amides is 1. The highest BCUT2D eigenvalue weighted by atomic mass is 35.5. The number of fused-ring (bicyclic) bond motifs is 1. The van der Waals surface area contributed by atoms with Crippen LogP contribution in [0.1, 0.15) is 10.5 Å². The number of carbonyl (C=O) groups excluding carboxylic acids is 1. The van der Waals surface area contributed by atoms with Gasteiger partial charge in [-0.15, -0.1) is 0 Å². The first-order chi connectivity index (χ1) is 12.7. The molecule has 1 aromatic heterocycles. The van der Waals surface area contributed by atoms with Crippen molar-refractivity contribution in [3.8, 4) is 0 Å². The lowest BCUT2D eigenvalue weighted by Crippen LogP contribution is -2.12. The van der Waals surface area contributed by atoms with Gasteiger partial charge in [-0.05, 0) is 48.5 Å². The van der Waals surface area contributed by atoms with E-state index in [9.17, 15) is 4.79 Å². The summed E-state index contributed by atoms with van der Waals surface area (Å²) in [6.07, 6.45) is 0. The number of nitrogens with one attached hydrogen (secondary N) is 3. The van der Waals surface area contributed by atoms with Crippen LogP contribution in [0.4, 0.5) is 17.1 Å². The van der Waals surface area contributed by atoms with Crippen molar-refractivity contribution >= 4 is 45.5 Å². The maximum atomic E-state index is 12.5. The van der Waals surface area contributed by atoms with Crippen LogP contribution in [0, 0.1) is 0 Å². The minimum Gasteiger partial charge on any atom is -0.356 e. The number of anilines is 3. The van der Waals surface area contributed by atoms with E-state index in [2.05, 4.69) is 15.6 Å². The molecule has 0 spiro atoms. The van der Waals surface area contributed by atoms with Gasteiger partial charge < -0.3 is 15.6 Å². The highest BCUT2D eigenvalue weighted by Crippen LogP contribution is 2.24. The average molecular weight is 362 g/mol. The molecule has 3 N–H and O–H groups in total. The molecule has 1 amide bonds. The van der Waals surface area contributed by atoms with Crippen molar-refractivity contribution in [2.24, 2.45) is 0 Å². The predicted molar refractivity (Wildman–Crippen MR) is 107 cm³/mol. The van der Waals surface area contributed by atoms with Gasteiger partial charge in [0.05, 0.1) is 10.5 Å². The van der Waals surface area contributed by atoms with E-state index >= 15 is 0 Å². The zero-order valence-electron chi connectivity index (χ0n) is 13.8. The first-order valence-electron chi connectivity index (χ1n) is 8.20. The van der Waals surface area contributed by atoms with Crippen molar-refractivity contribution in [2.75, 3.05) is 10.6 Å². The molecule has 1 heterocycles. The zero-order valence-corrected chi connectivity index (χ0v) is 14.5. The molecule has 0 fully saturated rings. The molecule has 4 aromatic rings. The van der Waals surface area contributed by atoms with Gasteiger partial charge >= 0.3 is 0 Å². The summed E-state index contributed by atoms with van der Waals surface area (Å²) in [5.41, 5.74) is 3.92. The van der Waals surface area contributed by atoms with Crippen LogP contribution in [-0.2, 0) is 0 Å². The molecule has 128 valence electrons. The monoisotopic (exact) mass is 361 g/mol. The second-order valence-electron chi connectivity index (χ2n) is 5.91. The molecule has 26 heavy (non-hydrogen) atoms. The Hall–Kier alpha value is -3.24. The van der Waals surface area contributed by atoms with Gasteiger partial charge in [-0.3, -0.25) is 4.79 Å². The van der Waals surface area contributed by atoms with Crippen molar-refractivity contribution in [1.82, 2.24) is 4.98 Å². The van der Waals surface area contributed by atoms with E-state index in [0.29, 0.717) is 10.7 Å². The standard InChI is InChI=1S/C21H16ClN3O/c22-18-8-4-5-14-13-19(25-20(14)18)21(26)24-17-11-9-16(10-12-17)23-15-6-2-1-3-7-15/h1-13,23,25H,(H,24,26). The Morgan fingerprint density at radius 1 is 0.808 bits per heavy atom. The molecule has 0 aliphatic carbocycles. The summed E-state index contributed by atoms with van der Waals surface area (Å²) in [7, 11) is 0. The summed E-state index contributed by atoms with van der Waals surface area (Å²) in [6, 6.07) is 24.8. The fourth-order valence-corrected chi connectivity index (χ4v) is 2.99. The average Bonchev–Trinajstić information content (AvgIpc) is 3.10. The number of rotatable bonds is 4. The zero-order chi connectivity index (χ0) is 17.9. The van der Waals surface area contributed by atoms with Crippen LogP contribution >= 0.6 is 11.6 Å². The molecule has 0 unspecified atom stereocenters. The minimum absolute atomic E-state index is 0.207. The van der Waals surface area contributed by atoms with E-state index in [1.807, 2.05) is 66.7 Å². The van der Waals surface area contributed by atoms with E-state index in [-0.39, 0.29) is 5.91 Å². The molecule has 0 saturated heterocycles. The number of benzene rings is 3. The Bertz CT molecular complexity index is 1060. The second-order valence-corrected chi connectivity index (χ2v) is 6.32. The molecular formula is C21H16ClN3O. The van der Waals surface area contributed by atoms with Gasteiger partial charge in [-0.25, -0.2) is 0 Å². The smallest absolute Gasteiger partial charge is 0.272 e. The van der Waals surface area contributed by atoms with Crippen LogP contribution in [0.15, 0.2) is 78.9 Å². The first-order valence-corrected chi connectivity index (χ1v) is 8.57. The van der Waals surface area contributed by atoms with Gasteiger partial charge in [0.15, 0.2) is 0 Å². The molecule has 5 heteroatoms. The van der Waals surface area contributed by atoms with Gasteiger partial charge in [0.25, 0.3) is 5.91 Å². The topological polar surface area (TPSA) is 56.9 Å². The third kappa shape index (κ3) is 3.41. The molecule has 0 saturated carbocycles. The SMILES string of the molecule is O=C(Nc1ccc(Nc2ccccc2)cc1)c1cc2cccc(Cl)c2[nH]1. The van der Waals surface area contributed by atoms with Crippen molar-refractivity contribution in [1.29, 1.82) is 0 Å². The lowest BCUT2D eigenvalue weighted by molar-refractivity contribution is 0.102. The van der Waals surface area contributed by atoms with Gasteiger partial charge in [0, 0.05) is 22.4 Å².